The highest BCUT2D eigenvalue weighted by Gasteiger charge is 2.08. The lowest BCUT2D eigenvalue weighted by Gasteiger charge is -2.07. The van der Waals surface area contributed by atoms with Gasteiger partial charge in [-0.2, -0.15) is 0 Å². The van der Waals surface area contributed by atoms with Crippen molar-refractivity contribution >= 4 is 11.6 Å². The van der Waals surface area contributed by atoms with E-state index in [0.29, 0.717) is 17.7 Å². The van der Waals surface area contributed by atoms with Gasteiger partial charge in [-0.15, -0.1) is 0 Å². The summed E-state index contributed by atoms with van der Waals surface area (Å²) in [4.78, 5) is 16.3. The van der Waals surface area contributed by atoms with E-state index in [2.05, 4.69) is 22.1 Å². The number of hydrogen-bond acceptors (Lipinski definition) is 3. The average Bonchev–Trinajstić information content (AvgIpc) is 2.50. The number of para-hydroxylation sites is 1. The molecule has 1 aromatic carbocycles. The predicted octanol–water partition coefficient (Wildman–Crippen LogP) is 2.38. The van der Waals surface area contributed by atoms with E-state index in [9.17, 15) is 4.79 Å². The van der Waals surface area contributed by atoms with Crippen molar-refractivity contribution in [1.29, 1.82) is 0 Å². The first-order valence-electron chi connectivity index (χ1n) is 6.63. The zero-order valence-corrected chi connectivity index (χ0v) is 11.8. The number of amides is 1. The Morgan fingerprint density at radius 3 is 2.81 bits per heavy atom. The van der Waals surface area contributed by atoms with Crippen LogP contribution in [-0.2, 0) is 0 Å². The minimum absolute atomic E-state index is 0.0244. The van der Waals surface area contributed by atoms with Crippen LogP contribution >= 0.6 is 0 Å². The summed E-state index contributed by atoms with van der Waals surface area (Å²) in [5.41, 5.74) is 2.73. The molecule has 1 heterocycles. The molecule has 0 fully saturated rings. The SMILES string of the molecule is Cc1ccc(C(=O)Nc2ccccc2C#CCCO)cn1. The Morgan fingerprint density at radius 1 is 1.29 bits per heavy atom. The largest absolute Gasteiger partial charge is 0.395 e. The van der Waals surface area contributed by atoms with Crippen LogP contribution in [0.4, 0.5) is 5.69 Å². The van der Waals surface area contributed by atoms with Gasteiger partial charge in [0.2, 0.25) is 0 Å². The van der Waals surface area contributed by atoms with Crippen LogP contribution in [0.3, 0.4) is 0 Å². The molecule has 1 aromatic heterocycles. The van der Waals surface area contributed by atoms with Gasteiger partial charge in [0, 0.05) is 23.9 Å². The first-order chi connectivity index (χ1) is 10.2. The molecule has 0 bridgehead atoms. The molecule has 2 N–H and O–H groups in total. The van der Waals surface area contributed by atoms with Crippen molar-refractivity contribution in [2.45, 2.75) is 13.3 Å². The summed E-state index contributed by atoms with van der Waals surface area (Å²) in [6.45, 7) is 1.89. The van der Waals surface area contributed by atoms with Gasteiger partial charge >= 0.3 is 0 Å². The van der Waals surface area contributed by atoms with Crippen LogP contribution in [0.25, 0.3) is 0 Å². The van der Waals surface area contributed by atoms with Crippen molar-refractivity contribution in [2.24, 2.45) is 0 Å². The number of carbonyl (C=O) groups is 1. The van der Waals surface area contributed by atoms with Gasteiger partial charge in [-0.05, 0) is 31.2 Å². The zero-order valence-electron chi connectivity index (χ0n) is 11.8. The third-order valence-electron chi connectivity index (χ3n) is 2.81. The van der Waals surface area contributed by atoms with Crippen LogP contribution in [0.5, 0.6) is 0 Å². The van der Waals surface area contributed by atoms with Crippen molar-refractivity contribution in [3.8, 4) is 11.8 Å². The Balaban J connectivity index is 2.18. The second kappa shape index (κ2) is 7.22. The molecule has 0 radical (unpaired) electrons. The molecule has 4 nitrogen and oxygen atoms in total. The molecule has 0 saturated heterocycles. The molecule has 2 rings (SSSR count). The second-order valence-corrected chi connectivity index (χ2v) is 4.46. The molecule has 0 atom stereocenters. The Labute approximate surface area is 123 Å². The van der Waals surface area contributed by atoms with E-state index in [-0.39, 0.29) is 12.5 Å². The van der Waals surface area contributed by atoms with E-state index < -0.39 is 0 Å². The first-order valence-corrected chi connectivity index (χ1v) is 6.63. The summed E-state index contributed by atoms with van der Waals surface area (Å²) in [5, 5.41) is 11.6. The number of aryl methyl sites for hydroxylation is 1. The molecule has 1 amide bonds. The van der Waals surface area contributed by atoms with Crippen LogP contribution in [0.1, 0.15) is 28.0 Å². The number of aliphatic hydroxyl groups is 1. The van der Waals surface area contributed by atoms with E-state index in [4.69, 9.17) is 5.11 Å². The first kappa shape index (κ1) is 14.8. The van der Waals surface area contributed by atoms with Gasteiger partial charge < -0.3 is 10.4 Å². The van der Waals surface area contributed by atoms with Gasteiger partial charge in [0.1, 0.15) is 0 Å². The van der Waals surface area contributed by atoms with E-state index in [0.717, 1.165) is 11.3 Å². The molecular weight excluding hydrogens is 264 g/mol. The van der Waals surface area contributed by atoms with E-state index >= 15 is 0 Å². The lowest BCUT2D eigenvalue weighted by molar-refractivity contribution is 0.102. The van der Waals surface area contributed by atoms with E-state index in [1.165, 1.54) is 0 Å². The molecule has 0 aliphatic carbocycles. The van der Waals surface area contributed by atoms with Crippen molar-refractivity contribution in [3.63, 3.8) is 0 Å². The van der Waals surface area contributed by atoms with Crippen molar-refractivity contribution < 1.29 is 9.90 Å². The molecular formula is C17H16N2O2. The van der Waals surface area contributed by atoms with Crippen LogP contribution in [-0.4, -0.2) is 22.6 Å². The third-order valence-corrected chi connectivity index (χ3v) is 2.81. The lowest BCUT2D eigenvalue weighted by Crippen LogP contribution is -2.13. The maximum Gasteiger partial charge on any atom is 0.257 e. The number of nitrogens with one attached hydrogen (secondary N) is 1. The summed E-state index contributed by atoms with van der Waals surface area (Å²) in [6, 6.07) is 10.8. The summed E-state index contributed by atoms with van der Waals surface area (Å²) >= 11 is 0. The Bertz CT molecular complexity index is 682. The smallest absolute Gasteiger partial charge is 0.257 e. The molecule has 21 heavy (non-hydrogen) atoms. The summed E-state index contributed by atoms with van der Waals surface area (Å²) < 4.78 is 0. The zero-order chi connectivity index (χ0) is 15.1. The van der Waals surface area contributed by atoms with Gasteiger partial charge in [-0.1, -0.05) is 24.0 Å². The van der Waals surface area contributed by atoms with Gasteiger partial charge in [0.25, 0.3) is 5.91 Å². The average molecular weight is 280 g/mol. The van der Waals surface area contributed by atoms with Gasteiger partial charge in [-0.25, -0.2) is 0 Å². The number of rotatable bonds is 3. The Hall–Kier alpha value is -2.64. The van der Waals surface area contributed by atoms with Crippen molar-refractivity contribution in [3.05, 3.63) is 59.4 Å². The molecule has 4 heteroatoms. The maximum atomic E-state index is 12.2. The molecule has 0 aliphatic rings. The lowest BCUT2D eigenvalue weighted by atomic mass is 10.1. The van der Waals surface area contributed by atoms with E-state index in [1.54, 1.807) is 24.4 Å². The number of carbonyl (C=O) groups excluding carboxylic acids is 1. The number of hydrogen-bond donors (Lipinski definition) is 2. The monoisotopic (exact) mass is 280 g/mol. The maximum absolute atomic E-state index is 12.2. The normalized spacial score (nSPS) is 9.62. The van der Waals surface area contributed by atoms with Crippen LogP contribution in [0.2, 0.25) is 0 Å². The third kappa shape index (κ3) is 4.16. The standard InChI is InChI=1S/C17H16N2O2/c1-13-9-10-15(12-18-13)17(21)19-16-8-3-2-6-14(16)7-4-5-11-20/h2-3,6,8-10,12,20H,5,11H2,1H3,(H,19,21). The van der Waals surface area contributed by atoms with Gasteiger partial charge in [0.15, 0.2) is 0 Å². The summed E-state index contributed by atoms with van der Waals surface area (Å²) in [6.07, 6.45) is 1.95. The number of aromatic nitrogens is 1. The summed E-state index contributed by atoms with van der Waals surface area (Å²) in [5.74, 6) is 5.57. The topological polar surface area (TPSA) is 62.2 Å². The summed E-state index contributed by atoms with van der Waals surface area (Å²) in [7, 11) is 0. The minimum Gasteiger partial charge on any atom is -0.395 e. The van der Waals surface area contributed by atoms with Crippen LogP contribution in [0, 0.1) is 18.8 Å². The highest BCUT2D eigenvalue weighted by Crippen LogP contribution is 2.15. The van der Waals surface area contributed by atoms with Crippen molar-refractivity contribution in [1.82, 2.24) is 4.98 Å². The fourth-order valence-corrected chi connectivity index (χ4v) is 1.71. The fourth-order valence-electron chi connectivity index (χ4n) is 1.71. The number of benzene rings is 1. The Kier molecular flexibility index (Phi) is 5.08. The van der Waals surface area contributed by atoms with Gasteiger partial charge in [-0.3, -0.25) is 9.78 Å². The minimum atomic E-state index is -0.223. The quantitative estimate of drug-likeness (QED) is 0.849. The van der Waals surface area contributed by atoms with E-state index in [1.807, 2.05) is 25.1 Å². The predicted molar refractivity (Wildman–Crippen MR) is 82.0 cm³/mol. The molecule has 106 valence electrons. The fraction of sp³-hybridized carbons (Fsp3) is 0.176. The molecule has 0 spiro atoms. The number of aliphatic hydroxyl groups excluding tert-OH is 1. The van der Waals surface area contributed by atoms with Crippen LogP contribution < -0.4 is 5.32 Å². The number of nitrogens with zero attached hydrogens (tertiary/aromatic N) is 1. The highest BCUT2D eigenvalue weighted by molar-refractivity contribution is 6.04. The van der Waals surface area contributed by atoms with Gasteiger partial charge in [0.05, 0.1) is 17.9 Å². The number of pyridine rings is 1. The molecule has 2 aromatic rings. The highest BCUT2D eigenvalue weighted by atomic mass is 16.2. The molecule has 0 aliphatic heterocycles. The molecule has 0 saturated carbocycles. The number of anilines is 1. The second-order valence-electron chi connectivity index (χ2n) is 4.46. The van der Waals surface area contributed by atoms with Crippen molar-refractivity contribution in [2.75, 3.05) is 11.9 Å². The Morgan fingerprint density at radius 2 is 2.10 bits per heavy atom. The molecule has 0 unspecified atom stereocenters. The van der Waals surface area contributed by atoms with Crippen LogP contribution in [0.15, 0.2) is 42.6 Å².